The number of nitrogens with zero attached hydrogens (tertiary/aromatic N) is 3. The van der Waals surface area contributed by atoms with Crippen LogP contribution in [0.2, 0.25) is 0 Å². The molecule has 0 N–H and O–H groups in total. The van der Waals surface area contributed by atoms with Gasteiger partial charge in [-0.1, -0.05) is 18.2 Å². The second-order valence-electron chi connectivity index (χ2n) is 7.69. The Morgan fingerprint density at radius 1 is 1.03 bits per heavy atom. The summed E-state index contributed by atoms with van der Waals surface area (Å²) in [5.74, 6) is 1.15. The Labute approximate surface area is 174 Å². The molecule has 2 aromatic carbocycles. The normalized spacial score (nSPS) is 13.4. The number of carbonyl (C=O) groups is 1. The Morgan fingerprint density at radius 3 is 2.30 bits per heavy atom. The van der Waals surface area contributed by atoms with E-state index < -0.39 is 0 Å². The van der Waals surface area contributed by atoms with Crippen LogP contribution in [0.15, 0.2) is 41.2 Å². The van der Waals surface area contributed by atoms with E-state index in [0.29, 0.717) is 47.5 Å². The highest BCUT2D eigenvalue weighted by atomic mass is 16.5. The van der Waals surface area contributed by atoms with Gasteiger partial charge in [-0.15, -0.1) is 0 Å². The number of rotatable bonds is 4. The lowest BCUT2D eigenvalue weighted by Gasteiger charge is -2.30. The lowest BCUT2D eigenvalue weighted by molar-refractivity contribution is 0.0727. The van der Waals surface area contributed by atoms with Gasteiger partial charge in [-0.3, -0.25) is 9.59 Å². The summed E-state index contributed by atoms with van der Waals surface area (Å²) >= 11 is 0. The van der Waals surface area contributed by atoms with Gasteiger partial charge in [0.25, 0.3) is 11.5 Å². The summed E-state index contributed by atoms with van der Waals surface area (Å²) in [6, 6.07) is 10.9. The van der Waals surface area contributed by atoms with E-state index in [1.165, 1.54) is 4.68 Å². The molecule has 30 heavy (non-hydrogen) atoms. The van der Waals surface area contributed by atoms with Crippen molar-refractivity contribution in [3.8, 4) is 11.5 Å². The lowest BCUT2D eigenvalue weighted by Crippen LogP contribution is -2.38. The minimum Gasteiger partial charge on any atom is -0.493 e. The zero-order valence-corrected chi connectivity index (χ0v) is 17.6. The number of methoxy groups -OCH3 is 2. The summed E-state index contributed by atoms with van der Waals surface area (Å²) in [4.78, 5) is 28.0. The summed E-state index contributed by atoms with van der Waals surface area (Å²) in [6.45, 7) is 4.78. The van der Waals surface area contributed by atoms with Crippen molar-refractivity contribution in [3.05, 3.63) is 63.6 Å². The van der Waals surface area contributed by atoms with Crippen LogP contribution < -0.4 is 15.0 Å². The number of hydrogen-bond acceptors (Lipinski definition) is 5. The molecule has 0 atom stereocenters. The molecule has 0 aliphatic carbocycles. The fourth-order valence-electron chi connectivity index (χ4n) is 3.92. The van der Waals surface area contributed by atoms with Gasteiger partial charge in [0.15, 0.2) is 17.2 Å². The molecule has 0 saturated carbocycles. The van der Waals surface area contributed by atoms with E-state index in [0.717, 1.165) is 11.1 Å². The topological polar surface area (TPSA) is 73.7 Å². The van der Waals surface area contributed by atoms with Gasteiger partial charge in [0.2, 0.25) is 0 Å². The molecule has 7 nitrogen and oxygen atoms in total. The predicted molar refractivity (Wildman–Crippen MR) is 114 cm³/mol. The van der Waals surface area contributed by atoms with Crippen molar-refractivity contribution in [2.45, 2.75) is 32.9 Å². The minimum absolute atomic E-state index is 0.146. The molecule has 0 radical (unpaired) electrons. The minimum atomic E-state index is -0.182. The van der Waals surface area contributed by atoms with Gasteiger partial charge < -0.3 is 14.4 Å². The zero-order valence-electron chi connectivity index (χ0n) is 17.6. The highest BCUT2D eigenvalue weighted by Gasteiger charge is 2.27. The fraction of sp³-hybridized carbons (Fsp3) is 0.348. The van der Waals surface area contributed by atoms with E-state index in [9.17, 15) is 9.59 Å². The van der Waals surface area contributed by atoms with Crippen LogP contribution in [0.4, 0.5) is 0 Å². The Kier molecular flexibility index (Phi) is 5.20. The molecule has 4 rings (SSSR count). The van der Waals surface area contributed by atoms with Crippen LogP contribution in [0.3, 0.4) is 0 Å². The third-order valence-corrected chi connectivity index (χ3v) is 5.53. The van der Waals surface area contributed by atoms with Gasteiger partial charge in [-0.2, -0.15) is 5.10 Å². The molecule has 0 unspecified atom stereocenters. The highest BCUT2D eigenvalue weighted by molar-refractivity contribution is 6.04. The molecule has 0 saturated heterocycles. The predicted octanol–water partition coefficient (Wildman–Crippen LogP) is 3.19. The molecule has 0 spiro atoms. The molecule has 3 aromatic rings. The third-order valence-electron chi connectivity index (χ3n) is 5.53. The first-order valence-electron chi connectivity index (χ1n) is 9.99. The Hall–Kier alpha value is -3.35. The van der Waals surface area contributed by atoms with Gasteiger partial charge in [0.1, 0.15) is 0 Å². The molecular weight excluding hydrogens is 382 g/mol. The van der Waals surface area contributed by atoms with Crippen LogP contribution in [0.25, 0.3) is 10.8 Å². The lowest BCUT2D eigenvalue weighted by atomic mass is 9.98. The Balaban J connectivity index is 1.75. The number of aromatic nitrogens is 2. The average Bonchev–Trinajstić information content (AvgIpc) is 2.77. The van der Waals surface area contributed by atoms with E-state index in [1.807, 2.05) is 32.0 Å². The number of carbonyl (C=O) groups excluding carboxylic acids is 1. The zero-order chi connectivity index (χ0) is 21.4. The summed E-state index contributed by atoms with van der Waals surface area (Å²) in [5, 5.41) is 5.55. The first-order chi connectivity index (χ1) is 14.4. The molecule has 156 valence electrons. The maximum atomic E-state index is 13.5. The van der Waals surface area contributed by atoms with Crippen LogP contribution in [0.5, 0.6) is 11.5 Å². The molecule has 1 aliphatic heterocycles. The number of fused-ring (bicyclic) bond motifs is 2. The average molecular weight is 407 g/mol. The SMILES string of the molecule is COc1cc2c(cc1OC)CN(C(=O)c1nn(C(C)C)c(=O)c3ccccc13)CC2. The van der Waals surface area contributed by atoms with Crippen molar-refractivity contribution in [2.75, 3.05) is 20.8 Å². The second kappa shape index (κ2) is 7.82. The Morgan fingerprint density at radius 2 is 1.67 bits per heavy atom. The van der Waals surface area contributed by atoms with Crippen molar-refractivity contribution in [2.24, 2.45) is 0 Å². The van der Waals surface area contributed by atoms with E-state index >= 15 is 0 Å². The number of ether oxygens (including phenoxy) is 2. The van der Waals surface area contributed by atoms with Crippen molar-refractivity contribution in [1.82, 2.24) is 14.7 Å². The molecule has 2 heterocycles. The number of benzene rings is 2. The molecule has 1 aliphatic rings. The molecule has 0 bridgehead atoms. The van der Waals surface area contributed by atoms with Crippen molar-refractivity contribution in [3.63, 3.8) is 0 Å². The van der Waals surface area contributed by atoms with Crippen LogP contribution >= 0.6 is 0 Å². The van der Waals surface area contributed by atoms with Crippen LogP contribution in [0.1, 0.15) is 41.5 Å². The maximum Gasteiger partial charge on any atom is 0.275 e. The molecule has 1 aromatic heterocycles. The van der Waals surface area contributed by atoms with Gasteiger partial charge in [0.05, 0.1) is 25.6 Å². The Bertz CT molecular complexity index is 1180. The fourth-order valence-corrected chi connectivity index (χ4v) is 3.92. The summed E-state index contributed by atoms with van der Waals surface area (Å²) in [7, 11) is 3.21. The van der Waals surface area contributed by atoms with Crippen molar-refractivity contribution in [1.29, 1.82) is 0 Å². The van der Waals surface area contributed by atoms with Crippen molar-refractivity contribution < 1.29 is 14.3 Å². The van der Waals surface area contributed by atoms with E-state index in [1.54, 1.807) is 37.3 Å². The monoisotopic (exact) mass is 407 g/mol. The van der Waals surface area contributed by atoms with Gasteiger partial charge in [-0.05, 0) is 49.6 Å². The quantitative estimate of drug-likeness (QED) is 0.664. The molecular formula is C23H25N3O4. The van der Waals surface area contributed by atoms with Crippen LogP contribution in [0, 0.1) is 0 Å². The maximum absolute atomic E-state index is 13.5. The van der Waals surface area contributed by atoms with E-state index in [4.69, 9.17) is 9.47 Å². The number of amides is 1. The summed E-state index contributed by atoms with van der Waals surface area (Å²) in [5.41, 5.74) is 2.29. The summed E-state index contributed by atoms with van der Waals surface area (Å²) in [6.07, 6.45) is 0.711. The molecule has 7 heteroatoms. The van der Waals surface area contributed by atoms with Gasteiger partial charge in [-0.25, -0.2) is 4.68 Å². The largest absolute Gasteiger partial charge is 0.493 e. The van der Waals surface area contributed by atoms with Crippen molar-refractivity contribution >= 4 is 16.7 Å². The third kappa shape index (κ3) is 3.30. The summed E-state index contributed by atoms with van der Waals surface area (Å²) < 4.78 is 12.2. The van der Waals surface area contributed by atoms with E-state index in [-0.39, 0.29) is 17.5 Å². The van der Waals surface area contributed by atoms with Crippen LogP contribution in [-0.2, 0) is 13.0 Å². The number of hydrogen-bond donors (Lipinski definition) is 0. The molecule has 0 fully saturated rings. The highest BCUT2D eigenvalue weighted by Crippen LogP contribution is 2.33. The van der Waals surface area contributed by atoms with Crippen LogP contribution in [-0.4, -0.2) is 41.4 Å². The first-order valence-corrected chi connectivity index (χ1v) is 9.99. The second-order valence-corrected chi connectivity index (χ2v) is 7.69. The molecule has 1 amide bonds. The van der Waals surface area contributed by atoms with Gasteiger partial charge >= 0.3 is 0 Å². The standard InChI is InChI=1S/C23H25N3O4/c1-14(2)26-22(27)18-8-6-5-7-17(18)21(24-26)23(28)25-10-9-15-11-19(29-3)20(30-4)12-16(15)13-25/h5-8,11-12,14H,9-10,13H2,1-4H3. The van der Waals surface area contributed by atoms with Gasteiger partial charge in [0, 0.05) is 18.5 Å². The van der Waals surface area contributed by atoms with E-state index in [2.05, 4.69) is 5.10 Å². The first kappa shape index (κ1) is 19.9. The smallest absolute Gasteiger partial charge is 0.275 e.